The highest BCUT2D eigenvalue weighted by Crippen LogP contribution is 2.26. The highest BCUT2D eigenvalue weighted by Gasteiger charge is 2.20. The van der Waals surface area contributed by atoms with Crippen molar-refractivity contribution in [3.63, 3.8) is 0 Å². The van der Waals surface area contributed by atoms with Crippen LogP contribution in [0.15, 0.2) is 41.0 Å². The molecule has 0 spiro atoms. The second kappa shape index (κ2) is 6.41. The Labute approximate surface area is 125 Å². The van der Waals surface area contributed by atoms with Crippen molar-refractivity contribution in [3.8, 4) is 0 Å². The fourth-order valence-corrected chi connectivity index (χ4v) is 2.34. The molecule has 1 N–H and O–H groups in total. The molecule has 0 amide bonds. The summed E-state index contributed by atoms with van der Waals surface area (Å²) < 4.78 is 27.9. The van der Waals surface area contributed by atoms with Gasteiger partial charge in [0.1, 0.15) is 11.6 Å². The van der Waals surface area contributed by atoms with Crippen molar-refractivity contribution in [1.29, 1.82) is 0 Å². The third kappa shape index (κ3) is 3.61. The molecule has 0 bridgehead atoms. The quantitative estimate of drug-likeness (QED) is 0.901. The molecule has 0 fully saturated rings. The fraction of sp³-hybridized carbons (Fsp3) is 0.267. The normalized spacial score (nSPS) is 12.7. The average Bonchev–Trinajstić information content (AvgIpc) is 2.40. The van der Waals surface area contributed by atoms with E-state index < -0.39 is 11.9 Å². The Hall–Kier alpha value is -1.33. The molecule has 1 unspecified atom stereocenters. The van der Waals surface area contributed by atoms with Crippen molar-refractivity contribution in [2.75, 3.05) is 0 Å². The Morgan fingerprint density at radius 2 is 1.90 bits per heavy atom. The van der Waals surface area contributed by atoms with Crippen molar-refractivity contribution in [3.05, 3.63) is 63.9 Å². The molecule has 2 rings (SSSR count). The molecule has 0 saturated heterocycles. The molecule has 1 aromatic heterocycles. The molecular formula is C15H15BrF2N2. The molecule has 2 nitrogen and oxygen atoms in total. The molecule has 0 aliphatic carbocycles. The van der Waals surface area contributed by atoms with E-state index in [1.165, 1.54) is 12.1 Å². The number of rotatable bonds is 4. The van der Waals surface area contributed by atoms with Crippen molar-refractivity contribution >= 4 is 15.9 Å². The third-order valence-electron chi connectivity index (χ3n) is 2.82. The minimum atomic E-state index is -0.423. The van der Waals surface area contributed by atoms with Crippen LogP contribution in [0.2, 0.25) is 0 Å². The van der Waals surface area contributed by atoms with Gasteiger partial charge in [-0.25, -0.2) is 8.78 Å². The summed E-state index contributed by atoms with van der Waals surface area (Å²) >= 11 is 3.34. The van der Waals surface area contributed by atoms with Gasteiger partial charge in [0.05, 0.1) is 17.9 Å². The second-order valence-electron chi connectivity index (χ2n) is 4.82. The monoisotopic (exact) mass is 340 g/mol. The van der Waals surface area contributed by atoms with Crippen LogP contribution in [-0.2, 0) is 0 Å². The molecule has 0 radical (unpaired) electrons. The lowest BCUT2D eigenvalue weighted by Gasteiger charge is -2.22. The first kappa shape index (κ1) is 15.1. The van der Waals surface area contributed by atoms with Gasteiger partial charge in [0.2, 0.25) is 0 Å². The van der Waals surface area contributed by atoms with Crippen LogP contribution in [-0.4, -0.2) is 11.0 Å². The molecule has 1 heterocycles. The van der Waals surface area contributed by atoms with Gasteiger partial charge in [-0.05, 0) is 44.2 Å². The van der Waals surface area contributed by atoms with E-state index >= 15 is 0 Å². The number of aromatic nitrogens is 1. The number of nitrogens with zero attached hydrogens (tertiary/aromatic N) is 1. The first-order valence-corrected chi connectivity index (χ1v) is 7.09. The predicted molar refractivity (Wildman–Crippen MR) is 78.4 cm³/mol. The summed E-state index contributed by atoms with van der Waals surface area (Å²) in [5.41, 5.74) is 1.06. The molecule has 0 saturated carbocycles. The molecular weight excluding hydrogens is 326 g/mol. The molecule has 0 aliphatic rings. The zero-order valence-corrected chi connectivity index (χ0v) is 12.8. The number of benzene rings is 1. The summed E-state index contributed by atoms with van der Waals surface area (Å²) in [6.45, 7) is 3.93. The summed E-state index contributed by atoms with van der Waals surface area (Å²) in [5.74, 6) is -0.732. The zero-order valence-electron chi connectivity index (χ0n) is 11.2. The summed E-state index contributed by atoms with van der Waals surface area (Å²) in [4.78, 5) is 4.06. The number of nitrogens with one attached hydrogen (secondary N) is 1. The maximum Gasteiger partial charge on any atom is 0.141 e. The van der Waals surface area contributed by atoms with E-state index in [0.717, 1.165) is 10.7 Å². The maximum absolute atomic E-state index is 14.1. The van der Waals surface area contributed by atoms with Gasteiger partial charge < -0.3 is 5.32 Å². The van der Waals surface area contributed by atoms with Crippen LogP contribution in [0.4, 0.5) is 8.78 Å². The number of halogens is 3. The van der Waals surface area contributed by atoms with Crippen molar-refractivity contribution in [2.24, 2.45) is 0 Å². The van der Waals surface area contributed by atoms with Gasteiger partial charge in [0.25, 0.3) is 0 Å². The third-order valence-corrected chi connectivity index (χ3v) is 3.31. The van der Waals surface area contributed by atoms with E-state index in [1.54, 1.807) is 18.2 Å². The van der Waals surface area contributed by atoms with Crippen LogP contribution >= 0.6 is 15.9 Å². The fourth-order valence-electron chi connectivity index (χ4n) is 1.96. The molecule has 20 heavy (non-hydrogen) atoms. The minimum absolute atomic E-state index is 0.130. The first-order chi connectivity index (χ1) is 9.47. The maximum atomic E-state index is 14.1. The van der Waals surface area contributed by atoms with Crippen molar-refractivity contribution in [1.82, 2.24) is 10.3 Å². The van der Waals surface area contributed by atoms with Crippen LogP contribution in [0, 0.1) is 11.6 Å². The minimum Gasteiger partial charge on any atom is -0.303 e. The molecule has 1 aromatic carbocycles. The number of pyridine rings is 1. The summed E-state index contributed by atoms with van der Waals surface area (Å²) in [6, 6.07) is 7.35. The smallest absolute Gasteiger partial charge is 0.141 e. The molecule has 106 valence electrons. The molecule has 1 atom stereocenters. The van der Waals surface area contributed by atoms with Crippen LogP contribution in [0.1, 0.15) is 31.1 Å². The highest BCUT2D eigenvalue weighted by molar-refractivity contribution is 9.10. The largest absolute Gasteiger partial charge is 0.303 e. The van der Waals surface area contributed by atoms with E-state index in [1.807, 2.05) is 13.8 Å². The van der Waals surface area contributed by atoms with E-state index in [4.69, 9.17) is 0 Å². The standard InChI is InChI=1S/C15H15BrF2N2/c1-9(2)20-15(14-6-4-11(17)8-19-14)12-7-10(16)3-5-13(12)18/h3-9,15,20H,1-2H3. The topological polar surface area (TPSA) is 24.9 Å². The van der Waals surface area contributed by atoms with Gasteiger partial charge in [-0.15, -0.1) is 0 Å². The average molecular weight is 341 g/mol. The second-order valence-corrected chi connectivity index (χ2v) is 5.74. The zero-order chi connectivity index (χ0) is 14.7. The first-order valence-electron chi connectivity index (χ1n) is 6.30. The summed E-state index contributed by atoms with van der Waals surface area (Å²) in [6.07, 6.45) is 1.14. The van der Waals surface area contributed by atoms with Gasteiger partial charge >= 0.3 is 0 Å². The molecule has 0 aliphatic heterocycles. The number of hydrogen-bond acceptors (Lipinski definition) is 2. The van der Waals surface area contributed by atoms with Gasteiger partial charge in [-0.2, -0.15) is 0 Å². The Kier molecular flexibility index (Phi) is 4.83. The van der Waals surface area contributed by atoms with E-state index in [0.29, 0.717) is 11.3 Å². The SMILES string of the molecule is CC(C)NC(c1ccc(F)cn1)c1cc(Br)ccc1F. The van der Waals surface area contributed by atoms with Gasteiger partial charge in [-0.3, -0.25) is 4.98 Å². The van der Waals surface area contributed by atoms with Gasteiger partial charge in [-0.1, -0.05) is 15.9 Å². The lowest BCUT2D eigenvalue weighted by atomic mass is 10.0. The number of hydrogen-bond donors (Lipinski definition) is 1. The van der Waals surface area contributed by atoms with Crippen molar-refractivity contribution < 1.29 is 8.78 Å². The van der Waals surface area contributed by atoms with E-state index in [2.05, 4.69) is 26.2 Å². The van der Waals surface area contributed by atoms with Crippen LogP contribution in [0.5, 0.6) is 0 Å². The lowest BCUT2D eigenvalue weighted by Crippen LogP contribution is -2.30. The molecule has 5 heteroatoms. The van der Waals surface area contributed by atoms with Crippen molar-refractivity contribution in [2.45, 2.75) is 25.9 Å². The van der Waals surface area contributed by atoms with Crippen LogP contribution in [0.3, 0.4) is 0 Å². The summed E-state index contributed by atoms with van der Waals surface area (Å²) in [7, 11) is 0. The Morgan fingerprint density at radius 3 is 2.50 bits per heavy atom. The Bertz CT molecular complexity index is 585. The van der Waals surface area contributed by atoms with E-state index in [-0.39, 0.29) is 11.9 Å². The molecule has 2 aromatic rings. The van der Waals surface area contributed by atoms with Crippen LogP contribution in [0.25, 0.3) is 0 Å². The highest BCUT2D eigenvalue weighted by atomic mass is 79.9. The van der Waals surface area contributed by atoms with Gasteiger partial charge in [0, 0.05) is 16.1 Å². The van der Waals surface area contributed by atoms with E-state index in [9.17, 15) is 8.78 Å². The summed E-state index contributed by atoms with van der Waals surface area (Å²) in [5, 5.41) is 3.25. The Balaban J connectivity index is 2.46. The lowest BCUT2D eigenvalue weighted by molar-refractivity contribution is 0.494. The van der Waals surface area contributed by atoms with Crippen LogP contribution < -0.4 is 5.32 Å². The Morgan fingerprint density at radius 1 is 1.15 bits per heavy atom. The predicted octanol–water partition coefficient (Wildman–Crippen LogP) is 4.21. The van der Waals surface area contributed by atoms with Gasteiger partial charge in [0.15, 0.2) is 0 Å².